The molecule has 1 rings (SSSR count). The number of aliphatic carboxylic acids is 1. The fraction of sp³-hybridized carbons (Fsp3) is 0.267. The van der Waals surface area contributed by atoms with Crippen LogP contribution >= 0.6 is 0 Å². The predicted octanol–water partition coefficient (Wildman–Crippen LogP) is 2.80. The molecule has 1 N–H and O–H groups in total. The first kappa shape index (κ1) is 14.8. The van der Waals surface area contributed by atoms with Gasteiger partial charge in [0.2, 0.25) is 5.76 Å². The molecule has 0 aromatic heterocycles. The van der Waals surface area contributed by atoms with Gasteiger partial charge in [-0.25, -0.2) is 4.79 Å². The van der Waals surface area contributed by atoms with Crippen molar-refractivity contribution in [3.05, 3.63) is 53.8 Å². The van der Waals surface area contributed by atoms with Gasteiger partial charge < -0.3 is 14.6 Å². The van der Waals surface area contributed by atoms with E-state index in [2.05, 4.69) is 0 Å². The zero-order valence-corrected chi connectivity index (χ0v) is 11.1. The summed E-state index contributed by atoms with van der Waals surface area (Å²) in [6.45, 7) is 0. The monoisotopic (exact) mass is 262 g/mol. The number of hydrogen-bond acceptors (Lipinski definition) is 3. The van der Waals surface area contributed by atoms with Crippen molar-refractivity contribution in [1.82, 2.24) is 0 Å². The van der Waals surface area contributed by atoms with E-state index in [0.717, 1.165) is 18.6 Å². The lowest BCUT2D eigenvalue weighted by molar-refractivity contribution is -0.136. The molecule has 0 saturated heterocycles. The lowest BCUT2D eigenvalue weighted by atomic mass is 10.1. The number of benzene rings is 1. The minimum absolute atomic E-state index is 0.0688. The average molecular weight is 262 g/mol. The van der Waals surface area contributed by atoms with Gasteiger partial charge in [0.1, 0.15) is 5.75 Å². The van der Waals surface area contributed by atoms with E-state index in [1.54, 1.807) is 13.2 Å². The molecule has 0 unspecified atom stereocenters. The number of hydrogen-bond donors (Lipinski definition) is 1. The third kappa shape index (κ3) is 5.29. The van der Waals surface area contributed by atoms with Gasteiger partial charge in [0.05, 0.1) is 14.2 Å². The van der Waals surface area contributed by atoms with Crippen molar-refractivity contribution < 1.29 is 19.4 Å². The summed E-state index contributed by atoms with van der Waals surface area (Å²) in [5.74, 6) is -0.295. The fourth-order valence-electron chi connectivity index (χ4n) is 1.52. The van der Waals surface area contributed by atoms with Crippen LogP contribution in [-0.4, -0.2) is 25.3 Å². The smallest absolute Gasteiger partial charge is 0.371 e. The second-order valence-electron chi connectivity index (χ2n) is 3.86. The van der Waals surface area contributed by atoms with Crippen LogP contribution in [0.5, 0.6) is 5.75 Å². The summed E-state index contributed by atoms with van der Waals surface area (Å²) in [4.78, 5) is 10.6. The number of carboxylic acid groups (broad SMARTS) is 1. The van der Waals surface area contributed by atoms with Crippen molar-refractivity contribution in [1.29, 1.82) is 0 Å². The Morgan fingerprint density at radius 1 is 1.26 bits per heavy atom. The minimum Gasteiger partial charge on any atom is -0.497 e. The highest BCUT2D eigenvalue weighted by Gasteiger charge is 2.03. The highest BCUT2D eigenvalue weighted by atomic mass is 16.5. The van der Waals surface area contributed by atoms with E-state index in [1.165, 1.54) is 18.7 Å². The maximum absolute atomic E-state index is 10.6. The van der Waals surface area contributed by atoms with Crippen LogP contribution < -0.4 is 4.74 Å². The molecule has 0 aliphatic rings. The van der Waals surface area contributed by atoms with Crippen LogP contribution in [0.25, 0.3) is 0 Å². The molecule has 0 aliphatic heterocycles. The fourth-order valence-corrected chi connectivity index (χ4v) is 1.52. The Bertz CT molecular complexity index is 458. The number of allylic oxidation sites excluding steroid dienone is 3. The number of carboxylic acids is 1. The summed E-state index contributed by atoms with van der Waals surface area (Å²) in [5.41, 5.74) is 1.21. The van der Waals surface area contributed by atoms with Gasteiger partial charge in [0.25, 0.3) is 0 Å². The van der Waals surface area contributed by atoms with Gasteiger partial charge >= 0.3 is 5.97 Å². The van der Waals surface area contributed by atoms with Gasteiger partial charge in [-0.05, 0) is 36.6 Å². The van der Waals surface area contributed by atoms with Crippen molar-refractivity contribution in [2.24, 2.45) is 0 Å². The van der Waals surface area contributed by atoms with Gasteiger partial charge in [0.15, 0.2) is 0 Å². The zero-order chi connectivity index (χ0) is 14.1. The molecular formula is C15H18O4. The molecular weight excluding hydrogens is 244 g/mol. The zero-order valence-electron chi connectivity index (χ0n) is 11.1. The molecule has 1 aromatic carbocycles. The molecule has 0 aliphatic carbocycles. The Kier molecular flexibility index (Phi) is 6.22. The van der Waals surface area contributed by atoms with Crippen LogP contribution in [0.3, 0.4) is 0 Å². The molecule has 0 atom stereocenters. The standard InChI is InChI=1S/C15H18O4/c1-18-13-10-8-12(9-11-13)6-4-3-5-7-14(19-2)15(16)17/h3,5,7-11H,4,6H2,1-2H3,(H,16,17). The molecule has 0 radical (unpaired) electrons. The average Bonchev–Trinajstić information content (AvgIpc) is 2.43. The predicted molar refractivity (Wildman–Crippen MR) is 73.2 cm³/mol. The summed E-state index contributed by atoms with van der Waals surface area (Å²) >= 11 is 0. The van der Waals surface area contributed by atoms with Gasteiger partial charge in [-0.15, -0.1) is 0 Å². The van der Waals surface area contributed by atoms with Crippen LogP contribution in [0.1, 0.15) is 12.0 Å². The van der Waals surface area contributed by atoms with Crippen molar-refractivity contribution in [2.75, 3.05) is 14.2 Å². The second-order valence-corrected chi connectivity index (χ2v) is 3.86. The summed E-state index contributed by atoms with van der Waals surface area (Å²) in [6.07, 6.45) is 6.77. The van der Waals surface area contributed by atoms with E-state index in [0.29, 0.717) is 0 Å². The van der Waals surface area contributed by atoms with Crippen LogP contribution in [-0.2, 0) is 16.0 Å². The molecule has 1 aromatic rings. The Hall–Kier alpha value is -2.23. The molecule has 0 bridgehead atoms. The van der Waals surface area contributed by atoms with E-state index in [1.807, 2.05) is 30.3 Å². The maximum atomic E-state index is 10.6. The number of rotatable bonds is 7. The van der Waals surface area contributed by atoms with Crippen LogP contribution in [0.4, 0.5) is 0 Å². The molecule has 0 spiro atoms. The van der Waals surface area contributed by atoms with E-state index in [-0.39, 0.29) is 5.76 Å². The normalized spacial score (nSPS) is 11.6. The molecule has 0 saturated carbocycles. The Morgan fingerprint density at radius 2 is 1.95 bits per heavy atom. The quantitative estimate of drug-likeness (QED) is 0.466. The summed E-state index contributed by atoms with van der Waals surface area (Å²) in [6, 6.07) is 7.87. The Labute approximate surface area is 113 Å². The highest BCUT2D eigenvalue weighted by Crippen LogP contribution is 2.12. The molecule has 102 valence electrons. The SMILES string of the molecule is COC(=CC=CCCc1ccc(OC)cc1)C(=O)O. The third-order valence-corrected chi connectivity index (χ3v) is 2.57. The van der Waals surface area contributed by atoms with E-state index < -0.39 is 5.97 Å². The first-order valence-electron chi connectivity index (χ1n) is 5.94. The topological polar surface area (TPSA) is 55.8 Å². The van der Waals surface area contributed by atoms with Crippen LogP contribution in [0.2, 0.25) is 0 Å². The summed E-state index contributed by atoms with van der Waals surface area (Å²) in [5, 5.41) is 8.72. The van der Waals surface area contributed by atoms with Crippen molar-refractivity contribution >= 4 is 5.97 Å². The van der Waals surface area contributed by atoms with Crippen LogP contribution in [0.15, 0.2) is 48.3 Å². The second kappa shape index (κ2) is 7.97. The number of ether oxygens (including phenoxy) is 2. The van der Waals surface area contributed by atoms with Gasteiger partial charge in [-0.3, -0.25) is 0 Å². The molecule has 0 heterocycles. The van der Waals surface area contributed by atoms with Gasteiger partial charge in [0, 0.05) is 0 Å². The lowest BCUT2D eigenvalue weighted by Gasteiger charge is -2.01. The Morgan fingerprint density at radius 3 is 2.47 bits per heavy atom. The van der Waals surface area contributed by atoms with Crippen LogP contribution in [0, 0.1) is 0 Å². The highest BCUT2D eigenvalue weighted by molar-refractivity contribution is 5.84. The maximum Gasteiger partial charge on any atom is 0.371 e. The van der Waals surface area contributed by atoms with Crippen molar-refractivity contribution in [3.63, 3.8) is 0 Å². The van der Waals surface area contributed by atoms with Gasteiger partial charge in [-0.2, -0.15) is 0 Å². The first-order chi connectivity index (χ1) is 9.17. The largest absolute Gasteiger partial charge is 0.497 e. The minimum atomic E-state index is -1.07. The molecule has 0 fully saturated rings. The van der Waals surface area contributed by atoms with Crippen molar-refractivity contribution in [3.8, 4) is 5.75 Å². The van der Waals surface area contributed by atoms with E-state index in [4.69, 9.17) is 14.6 Å². The molecule has 0 amide bonds. The van der Waals surface area contributed by atoms with Gasteiger partial charge in [-0.1, -0.05) is 24.3 Å². The van der Waals surface area contributed by atoms with Crippen molar-refractivity contribution in [2.45, 2.75) is 12.8 Å². The summed E-state index contributed by atoms with van der Waals surface area (Å²) < 4.78 is 9.78. The van der Waals surface area contributed by atoms with E-state index in [9.17, 15) is 4.79 Å². The number of carbonyl (C=O) groups is 1. The molecule has 4 heteroatoms. The lowest BCUT2D eigenvalue weighted by Crippen LogP contribution is -2.01. The Balaban J connectivity index is 2.42. The van der Waals surface area contributed by atoms with E-state index >= 15 is 0 Å². The third-order valence-electron chi connectivity index (χ3n) is 2.57. The number of methoxy groups -OCH3 is 2. The first-order valence-corrected chi connectivity index (χ1v) is 5.94. The molecule has 4 nitrogen and oxygen atoms in total. The number of aryl methyl sites for hydroxylation is 1. The summed E-state index contributed by atoms with van der Waals surface area (Å²) in [7, 11) is 2.98. The molecule has 19 heavy (non-hydrogen) atoms.